The fraction of sp³-hybridized carbons (Fsp3) is 0.400. The van der Waals surface area contributed by atoms with Crippen LogP contribution in [0.15, 0.2) is 30.5 Å². The second kappa shape index (κ2) is 6.98. The molecule has 0 saturated carbocycles. The fourth-order valence-corrected chi connectivity index (χ4v) is 4.05. The van der Waals surface area contributed by atoms with Crippen molar-refractivity contribution in [3.8, 4) is 10.6 Å². The van der Waals surface area contributed by atoms with Crippen molar-refractivity contribution in [2.45, 2.75) is 26.7 Å². The van der Waals surface area contributed by atoms with Crippen molar-refractivity contribution in [2.75, 3.05) is 25.5 Å². The van der Waals surface area contributed by atoms with Gasteiger partial charge >= 0.3 is 0 Å². The number of nitrogens with one attached hydrogen (secondary N) is 1. The van der Waals surface area contributed by atoms with Crippen molar-refractivity contribution < 1.29 is 4.79 Å². The summed E-state index contributed by atoms with van der Waals surface area (Å²) in [4.78, 5) is 19.5. The van der Waals surface area contributed by atoms with Crippen molar-refractivity contribution in [1.82, 2.24) is 20.1 Å². The van der Waals surface area contributed by atoms with E-state index in [0.717, 1.165) is 52.3 Å². The van der Waals surface area contributed by atoms with Crippen molar-refractivity contribution >= 4 is 33.8 Å². The molecule has 3 heterocycles. The summed E-state index contributed by atoms with van der Waals surface area (Å²) in [6.07, 6.45) is 3.53. The summed E-state index contributed by atoms with van der Waals surface area (Å²) in [5.74, 6) is 0.650. The first-order chi connectivity index (χ1) is 12.9. The molecule has 2 aromatic heterocycles. The number of fused-ring (bicyclic) bond motifs is 1. The number of amides is 1. The lowest BCUT2D eigenvalue weighted by Gasteiger charge is -2.36. The average molecular weight is 382 g/mol. The molecule has 3 aromatic rings. The number of aryl methyl sites for hydroxylation is 1. The molecule has 0 radical (unpaired) electrons. The lowest BCUT2D eigenvalue weighted by atomic mass is 9.79. The maximum atomic E-state index is 12.8. The molecular weight excluding hydrogens is 358 g/mol. The quantitative estimate of drug-likeness (QED) is 0.748. The second-order valence-electron chi connectivity index (χ2n) is 7.58. The molecule has 27 heavy (non-hydrogen) atoms. The van der Waals surface area contributed by atoms with Crippen LogP contribution in [-0.2, 0) is 4.79 Å². The van der Waals surface area contributed by atoms with Gasteiger partial charge in [-0.25, -0.2) is 4.98 Å². The summed E-state index contributed by atoms with van der Waals surface area (Å²) in [5, 5.41) is 15.2. The first kappa shape index (κ1) is 18.0. The van der Waals surface area contributed by atoms with Crippen LogP contribution in [0.4, 0.5) is 5.82 Å². The van der Waals surface area contributed by atoms with E-state index in [2.05, 4.69) is 38.5 Å². The lowest BCUT2D eigenvalue weighted by Crippen LogP contribution is -2.43. The van der Waals surface area contributed by atoms with Gasteiger partial charge < -0.3 is 10.2 Å². The van der Waals surface area contributed by atoms with E-state index in [-0.39, 0.29) is 11.3 Å². The largest absolute Gasteiger partial charge is 0.310 e. The number of hydrogen-bond acceptors (Lipinski definition) is 6. The van der Waals surface area contributed by atoms with Gasteiger partial charge in [0.2, 0.25) is 5.91 Å². The maximum Gasteiger partial charge on any atom is 0.231 e. The van der Waals surface area contributed by atoms with E-state index in [9.17, 15) is 4.79 Å². The van der Waals surface area contributed by atoms with Crippen molar-refractivity contribution in [3.05, 3.63) is 35.5 Å². The number of carbonyl (C=O) groups is 1. The Morgan fingerprint density at radius 1 is 1.19 bits per heavy atom. The van der Waals surface area contributed by atoms with Gasteiger partial charge in [-0.3, -0.25) is 4.79 Å². The van der Waals surface area contributed by atoms with E-state index in [4.69, 9.17) is 0 Å². The Balaban J connectivity index is 1.58. The number of piperidine rings is 1. The van der Waals surface area contributed by atoms with Crippen LogP contribution in [0.1, 0.15) is 24.8 Å². The predicted molar refractivity (Wildman–Crippen MR) is 109 cm³/mol. The Kier molecular flexibility index (Phi) is 4.65. The second-order valence-corrected chi connectivity index (χ2v) is 8.76. The van der Waals surface area contributed by atoms with Gasteiger partial charge in [0.25, 0.3) is 0 Å². The molecule has 1 fully saturated rings. The fourth-order valence-electron chi connectivity index (χ4n) is 3.36. The minimum Gasteiger partial charge on any atom is -0.310 e. The summed E-state index contributed by atoms with van der Waals surface area (Å²) in [5.41, 5.74) is 0.689. The molecule has 0 atom stereocenters. The number of aromatic nitrogens is 3. The molecule has 1 N–H and O–H groups in total. The third-order valence-corrected chi connectivity index (χ3v) is 6.26. The third kappa shape index (κ3) is 3.70. The minimum atomic E-state index is -0.338. The van der Waals surface area contributed by atoms with Crippen LogP contribution in [0.5, 0.6) is 0 Å². The number of likely N-dealkylation sites (tertiary alicyclic amines) is 1. The van der Waals surface area contributed by atoms with Gasteiger partial charge in [0.1, 0.15) is 15.8 Å². The van der Waals surface area contributed by atoms with E-state index in [1.807, 2.05) is 32.0 Å². The molecule has 1 aromatic carbocycles. The van der Waals surface area contributed by atoms with Gasteiger partial charge in [0.05, 0.1) is 0 Å². The summed E-state index contributed by atoms with van der Waals surface area (Å²) in [6, 6.07) is 8.06. The average Bonchev–Trinajstić information content (AvgIpc) is 3.10. The topological polar surface area (TPSA) is 71.0 Å². The maximum absolute atomic E-state index is 12.8. The number of rotatable bonds is 3. The van der Waals surface area contributed by atoms with Crippen LogP contribution in [0, 0.1) is 12.3 Å². The van der Waals surface area contributed by atoms with Crippen molar-refractivity contribution in [3.63, 3.8) is 0 Å². The number of pyridine rings is 1. The molecule has 0 bridgehead atoms. The molecule has 0 unspecified atom stereocenters. The van der Waals surface area contributed by atoms with E-state index < -0.39 is 0 Å². The Morgan fingerprint density at radius 3 is 2.67 bits per heavy atom. The van der Waals surface area contributed by atoms with E-state index >= 15 is 0 Å². The Labute approximate surface area is 162 Å². The summed E-state index contributed by atoms with van der Waals surface area (Å²) < 4.78 is 0. The highest BCUT2D eigenvalue weighted by Gasteiger charge is 2.36. The van der Waals surface area contributed by atoms with Gasteiger partial charge in [-0.15, -0.1) is 10.2 Å². The highest BCUT2D eigenvalue weighted by Crippen LogP contribution is 2.32. The molecule has 1 saturated heterocycles. The molecule has 1 aliphatic heterocycles. The Hall–Kier alpha value is -2.38. The third-order valence-electron chi connectivity index (χ3n) is 5.38. The molecule has 4 rings (SSSR count). The van der Waals surface area contributed by atoms with E-state index in [1.165, 1.54) is 0 Å². The van der Waals surface area contributed by atoms with E-state index in [0.29, 0.717) is 5.82 Å². The molecule has 6 nitrogen and oxygen atoms in total. The van der Waals surface area contributed by atoms with Gasteiger partial charge in [0, 0.05) is 22.6 Å². The molecular formula is C20H23N5OS. The zero-order valence-corrected chi connectivity index (χ0v) is 16.6. The van der Waals surface area contributed by atoms with Gasteiger partial charge in [-0.1, -0.05) is 30.4 Å². The van der Waals surface area contributed by atoms with Crippen LogP contribution < -0.4 is 5.32 Å². The SMILES string of the molecule is Cc1nnc(-c2ccc3cnc(NC(=O)C4(C)CCN(C)CC4)cc3c2)s1. The number of nitrogens with zero attached hydrogens (tertiary/aromatic N) is 4. The molecule has 140 valence electrons. The summed E-state index contributed by atoms with van der Waals surface area (Å²) in [7, 11) is 2.10. The van der Waals surface area contributed by atoms with Crippen LogP contribution in [0.2, 0.25) is 0 Å². The zero-order chi connectivity index (χ0) is 19.0. The van der Waals surface area contributed by atoms with Crippen molar-refractivity contribution in [2.24, 2.45) is 5.41 Å². The van der Waals surface area contributed by atoms with Crippen LogP contribution in [-0.4, -0.2) is 46.1 Å². The minimum absolute atomic E-state index is 0.0540. The van der Waals surface area contributed by atoms with Crippen LogP contribution in [0.3, 0.4) is 0 Å². The molecule has 0 aliphatic carbocycles. The summed E-state index contributed by atoms with van der Waals surface area (Å²) in [6.45, 7) is 5.88. The van der Waals surface area contributed by atoms with Crippen LogP contribution in [0.25, 0.3) is 21.3 Å². The standard InChI is InChI=1S/C20H23N5OS/c1-13-23-24-18(27-13)14-4-5-15-12-21-17(11-16(15)10-14)22-19(26)20(2)6-8-25(3)9-7-20/h4-5,10-12H,6-9H2,1-3H3,(H,21,22,26). The van der Waals surface area contributed by atoms with Gasteiger partial charge in [-0.05, 0) is 57.4 Å². The molecule has 1 amide bonds. The first-order valence-electron chi connectivity index (χ1n) is 9.13. The van der Waals surface area contributed by atoms with Crippen LogP contribution >= 0.6 is 11.3 Å². The highest BCUT2D eigenvalue weighted by molar-refractivity contribution is 7.14. The molecule has 0 spiro atoms. The normalized spacial score (nSPS) is 17.1. The van der Waals surface area contributed by atoms with E-state index in [1.54, 1.807) is 17.5 Å². The monoisotopic (exact) mass is 381 g/mol. The lowest BCUT2D eigenvalue weighted by molar-refractivity contribution is -0.127. The summed E-state index contributed by atoms with van der Waals surface area (Å²) >= 11 is 1.57. The van der Waals surface area contributed by atoms with Crippen molar-refractivity contribution in [1.29, 1.82) is 0 Å². The smallest absolute Gasteiger partial charge is 0.231 e. The predicted octanol–water partition coefficient (Wildman–Crippen LogP) is 3.73. The number of hydrogen-bond donors (Lipinski definition) is 1. The van der Waals surface area contributed by atoms with Gasteiger partial charge in [-0.2, -0.15) is 0 Å². The Morgan fingerprint density at radius 2 is 1.96 bits per heavy atom. The number of carbonyl (C=O) groups excluding carboxylic acids is 1. The molecule has 7 heteroatoms. The van der Waals surface area contributed by atoms with Gasteiger partial charge in [0.15, 0.2) is 0 Å². The molecule has 1 aliphatic rings. The highest BCUT2D eigenvalue weighted by atomic mass is 32.1. The zero-order valence-electron chi connectivity index (χ0n) is 15.8. The number of benzene rings is 1. The Bertz CT molecular complexity index is 991. The number of anilines is 1. The first-order valence-corrected chi connectivity index (χ1v) is 9.95.